The number of rotatable bonds is 8. The summed E-state index contributed by atoms with van der Waals surface area (Å²) in [4.78, 5) is 24.1. The van der Waals surface area contributed by atoms with Crippen molar-refractivity contribution in [1.82, 2.24) is 20.5 Å². The topological polar surface area (TPSA) is 69.6 Å². The van der Waals surface area contributed by atoms with E-state index in [0.29, 0.717) is 26.1 Å². The Labute approximate surface area is 171 Å². The van der Waals surface area contributed by atoms with E-state index < -0.39 is 0 Å². The molecule has 0 radical (unpaired) electrons. The third-order valence-electron chi connectivity index (χ3n) is 4.69. The molecule has 1 aliphatic rings. The van der Waals surface area contributed by atoms with Crippen molar-refractivity contribution in [3.05, 3.63) is 51.5 Å². The fraction of sp³-hybridized carbons (Fsp3) is 0.476. The molecule has 0 atom stereocenters. The molecule has 0 bridgehead atoms. The lowest BCUT2D eigenvalue weighted by molar-refractivity contribution is -0.128. The zero-order valence-electron chi connectivity index (χ0n) is 16.7. The number of carbonyl (C=O) groups is 1. The van der Waals surface area contributed by atoms with Crippen LogP contribution in [-0.4, -0.2) is 34.8 Å². The van der Waals surface area contributed by atoms with Gasteiger partial charge in [0.1, 0.15) is 5.01 Å². The van der Waals surface area contributed by atoms with E-state index in [4.69, 9.17) is 0 Å². The SMILES string of the molecule is CCNC(=NCc1ccc(CN2CCCC2=O)cc1)NCc1ncc(CC)s1. The Morgan fingerprint density at radius 3 is 2.64 bits per heavy atom. The van der Waals surface area contributed by atoms with Gasteiger partial charge in [0.05, 0.1) is 13.1 Å². The van der Waals surface area contributed by atoms with Gasteiger partial charge in [-0.1, -0.05) is 31.2 Å². The van der Waals surface area contributed by atoms with Crippen LogP contribution in [0.15, 0.2) is 35.5 Å². The van der Waals surface area contributed by atoms with Gasteiger partial charge in [0.15, 0.2) is 5.96 Å². The number of aliphatic imine (C=N–C) groups is 1. The van der Waals surface area contributed by atoms with E-state index in [0.717, 1.165) is 42.5 Å². The maximum atomic E-state index is 11.8. The highest BCUT2D eigenvalue weighted by molar-refractivity contribution is 7.11. The van der Waals surface area contributed by atoms with Gasteiger partial charge in [-0.25, -0.2) is 9.98 Å². The second-order valence-electron chi connectivity index (χ2n) is 6.86. The molecule has 2 N–H and O–H groups in total. The summed E-state index contributed by atoms with van der Waals surface area (Å²) in [5.74, 6) is 1.06. The van der Waals surface area contributed by atoms with Gasteiger partial charge in [0.2, 0.25) is 5.91 Å². The molecule has 2 aromatic rings. The Kier molecular flexibility index (Phi) is 7.42. The van der Waals surface area contributed by atoms with Gasteiger partial charge in [-0.3, -0.25) is 4.79 Å². The third-order valence-corrected chi connectivity index (χ3v) is 5.83. The fourth-order valence-corrected chi connectivity index (χ4v) is 3.91. The van der Waals surface area contributed by atoms with Crippen LogP contribution in [0.25, 0.3) is 0 Å². The minimum Gasteiger partial charge on any atom is -0.357 e. The number of hydrogen-bond acceptors (Lipinski definition) is 4. The van der Waals surface area contributed by atoms with Crippen LogP contribution in [0.4, 0.5) is 0 Å². The normalized spacial score (nSPS) is 14.6. The maximum Gasteiger partial charge on any atom is 0.222 e. The Balaban J connectivity index is 1.53. The number of hydrogen-bond donors (Lipinski definition) is 2. The monoisotopic (exact) mass is 399 g/mol. The molecule has 1 aromatic heterocycles. The van der Waals surface area contributed by atoms with Crippen molar-refractivity contribution in [2.24, 2.45) is 4.99 Å². The number of aromatic nitrogens is 1. The summed E-state index contributed by atoms with van der Waals surface area (Å²) >= 11 is 1.74. The van der Waals surface area contributed by atoms with E-state index in [1.54, 1.807) is 11.3 Å². The molecule has 1 aliphatic heterocycles. The molecule has 150 valence electrons. The third kappa shape index (κ3) is 5.79. The van der Waals surface area contributed by atoms with Crippen molar-refractivity contribution < 1.29 is 4.79 Å². The Morgan fingerprint density at radius 1 is 1.21 bits per heavy atom. The van der Waals surface area contributed by atoms with Gasteiger partial charge < -0.3 is 15.5 Å². The lowest BCUT2D eigenvalue weighted by Crippen LogP contribution is -2.36. The van der Waals surface area contributed by atoms with E-state index in [9.17, 15) is 4.79 Å². The molecule has 3 rings (SSSR count). The van der Waals surface area contributed by atoms with Crippen molar-refractivity contribution in [2.45, 2.75) is 52.7 Å². The Bertz CT molecular complexity index is 799. The molecule has 1 fully saturated rings. The predicted octanol–water partition coefficient (Wildman–Crippen LogP) is 3.08. The maximum absolute atomic E-state index is 11.8. The van der Waals surface area contributed by atoms with E-state index >= 15 is 0 Å². The first-order valence-electron chi connectivity index (χ1n) is 9.99. The van der Waals surface area contributed by atoms with Crippen LogP contribution in [0.1, 0.15) is 47.7 Å². The highest BCUT2D eigenvalue weighted by Gasteiger charge is 2.19. The van der Waals surface area contributed by atoms with Gasteiger partial charge in [-0.05, 0) is 30.9 Å². The number of aryl methyl sites for hydroxylation is 1. The van der Waals surface area contributed by atoms with Crippen LogP contribution in [0.5, 0.6) is 0 Å². The number of nitrogens with one attached hydrogen (secondary N) is 2. The van der Waals surface area contributed by atoms with Crippen molar-refractivity contribution in [3.63, 3.8) is 0 Å². The van der Waals surface area contributed by atoms with Crippen molar-refractivity contribution in [2.75, 3.05) is 13.1 Å². The smallest absolute Gasteiger partial charge is 0.222 e. The van der Waals surface area contributed by atoms with Gasteiger partial charge in [-0.15, -0.1) is 11.3 Å². The van der Waals surface area contributed by atoms with Gasteiger partial charge >= 0.3 is 0 Å². The zero-order chi connectivity index (χ0) is 19.8. The first-order chi connectivity index (χ1) is 13.7. The summed E-state index contributed by atoms with van der Waals surface area (Å²) in [5, 5.41) is 7.70. The van der Waals surface area contributed by atoms with Crippen molar-refractivity contribution in [3.8, 4) is 0 Å². The molecule has 0 spiro atoms. The molecule has 0 saturated carbocycles. The summed E-state index contributed by atoms with van der Waals surface area (Å²) in [7, 11) is 0. The first kappa shape index (κ1) is 20.3. The van der Waals surface area contributed by atoms with Crippen LogP contribution in [0, 0.1) is 0 Å². The number of thiazole rings is 1. The van der Waals surface area contributed by atoms with Gasteiger partial charge in [0, 0.05) is 37.1 Å². The van der Waals surface area contributed by atoms with E-state index in [1.807, 2.05) is 11.1 Å². The summed E-state index contributed by atoms with van der Waals surface area (Å²) in [6.07, 6.45) is 4.64. The highest BCUT2D eigenvalue weighted by Crippen LogP contribution is 2.15. The number of guanidine groups is 1. The Hall–Kier alpha value is -2.41. The Morgan fingerprint density at radius 2 is 2.00 bits per heavy atom. The molecule has 0 unspecified atom stereocenters. The molecule has 2 heterocycles. The largest absolute Gasteiger partial charge is 0.357 e. The van der Waals surface area contributed by atoms with Crippen molar-refractivity contribution >= 4 is 23.2 Å². The molecule has 1 amide bonds. The molecule has 1 saturated heterocycles. The summed E-state index contributed by atoms with van der Waals surface area (Å²) in [6, 6.07) is 8.38. The molecular formula is C21H29N5OS. The zero-order valence-corrected chi connectivity index (χ0v) is 17.5. The number of benzene rings is 1. The second-order valence-corrected chi connectivity index (χ2v) is 8.06. The van der Waals surface area contributed by atoms with Crippen LogP contribution >= 0.6 is 11.3 Å². The van der Waals surface area contributed by atoms with Crippen LogP contribution in [-0.2, 0) is 30.8 Å². The molecule has 7 heteroatoms. The number of amides is 1. The van der Waals surface area contributed by atoms with E-state index in [-0.39, 0.29) is 5.91 Å². The van der Waals surface area contributed by atoms with Gasteiger partial charge in [0.25, 0.3) is 0 Å². The fourth-order valence-electron chi connectivity index (χ4n) is 3.11. The standard InChI is InChI=1S/C21H29N5OS/c1-3-18-13-23-19(28-18)14-25-21(22-4-2)24-12-16-7-9-17(10-8-16)15-26-11-5-6-20(26)27/h7-10,13H,3-6,11-12,14-15H2,1-2H3,(H2,22,24,25). The number of nitrogens with zero attached hydrogens (tertiary/aromatic N) is 3. The predicted molar refractivity (Wildman–Crippen MR) is 114 cm³/mol. The minimum atomic E-state index is 0.265. The molecule has 0 aliphatic carbocycles. The summed E-state index contributed by atoms with van der Waals surface area (Å²) in [6.45, 7) is 7.89. The second kappa shape index (κ2) is 10.2. The van der Waals surface area contributed by atoms with E-state index in [1.165, 1.54) is 10.4 Å². The number of likely N-dealkylation sites (tertiary alicyclic amines) is 1. The molecule has 6 nitrogen and oxygen atoms in total. The lowest BCUT2D eigenvalue weighted by Gasteiger charge is -2.15. The van der Waals surface area contributed by atoms with Crippen LogP contribution < -0.4 is 10.6 Å². The van der Waals surface area contributed by atoms with Gasteiger partial charge in [-0.2, -0.15) is 0 Å². The molecule has 1 aromatic carbocycles. The van der Waals surface area contributed by atoms with Crippen molar-refractivity contribution in [1.29, 1.82) is 0 Å². The summed E-state index contributed by atoms with van der Waals surface area (Å²) in [5.41, 5.74) is 2.32. The highest BCUT2D eigenvalue weighted by atomic mass is 32.1. The van der Waals surface area contributed by atoms with E-state index in [2.05, 4.69) is 58.7 Å². The first-order valence-corrected chi connectivity index (χ1v) is 10.8. The summed E-state index contributed by atoms with van der Waals surface area (Å²) < 4.78 is 0. The van der Waals surface area contributed by atoms with Crippen LogP contribution in [0.3, 0.4) is 0 Å². The minimum absolute atomic E-state index is 0.265. The average molecular weight is 400 g/mol. The van der Waals surface area contributed by atoms with Crippen LogP contribution in [0.2, 0.25) is 0 Å². The molecular weight excluding hydrogens is 370 g/mol. The molecule has 28 heavy (non-hydrogen) atoms. The average Bonchev–Trinajstić information content (AvgIpc) is 3.34. The number of carbonyl (C=O) groups excluding carboxylic acids is 1. The quantitative estimate of drug-likeness (QED) is 0.529. The lowest BCUT2D eigenvalue weighted by atomic mass is 10.1.